The number of hydrogen-bond donors (Lipinski definition) is 1. The largest absolute Gasteiger partial charge is 0.493 e. The van der Waals surface area contributed by atoms with Crippen LogP contribution >= 0.6 is 0 Å². The van der Waals surface area contributed by atoms with Crippen LogP contribution in [0.5, 0.6) is 5.75 Å². The van der Waals surface area contributed by atoms with E-state index in [2.05, 4.69) is 5.32 Å². The third kappa shape index (κ3) is 2.58. The van der Waals surface area contributed by atoms with Gasteiger partial charge in [0.15, 0.2) is 17.1 Å². The van der Waals surface area contributed by atoms with Gasteiger partial charge in [-0.25, -0.2) is 4.39 Å². The lowest BCUT2D eigenvalue weighted by Crippen LogP contribution is -2.10. The SMILES string of the molecule is COc1cccc2cc(C(=O)Nc3cccc(F)c3)oc12. The van der Waals surface area contributed by atoms with Crippen molar-refractivity contribution >= 4 is 22.6 Å². The molecule has 0 aliphatic carbocycles. The lowest BCUT2D eigenvalue weighted by Gasteiger charge is -2.02. The molecule has 3 aromatic rings. The van der Waals surface area contributed by atoms with Crippen molar-refractivity contribution < 1.29 is 18.3 Å². The molecule has 0 bridgehead atoms. The molecule has 0 saturated heterocycles. The van der Waals surface area contributed by atoms with Gasteiger partial charge in [0.1, 0.15) is 5.82 Å². The van der Waals surface area contributed by atoms with Crippen LogP contribution in [0.2, 0.25) is 0 Å². The van der Waals surface area contributed by atoms with Gasteiger partial charge in [0, 0.05) is 11.1 Å². The molecule has 1 N–H and O–H groups in total. The van der Waals surface area contributed by atoms with Crippen molar-refractivity contribution in [2.75, 3.05) is 12.4 Å². The highest BCUT2D eigenvalue weighted by Crippen LogP contribution is 2.28. The monoisotopic (exact) mass is 285 g/mol. The highest BCUT2D eigenvalue weighted by atomic mass is 19.1. The predicted molar refractivity (Wildman–Crippen MR) is 77.1 cm³/mol. The molecule has 0 radical (unpaired) electrons. The average molecular weight is 285 g/mol. The number of ether oxygens (including phenoxy) is 1. The molecule has 2 aromatic carbocycles. The van der Waals surface area contributed by atoms with Crippen LogP contribution in [-0.2, 0) is 0 Å². The van der Waals surface area contributed by atoms with E-state index in [-0.39, 0.29) is 5.76 Å². The highest BCUT2D eigenvalue weighted by molar-refractivity contribution is 6.05. The number of hydrogen-bond acceptors (Lipinski definition) is 3. The van der Waals surface area contributed by atoms with Crippen LogP contribution in [0.1, 0.15) is 10.6 Å². The normalized spacial score (nSPS) is 10.6. The summed E-state index contributed by atoms with van der Waals surface area (Å²) in [5.41, 5.74) is 0.872. The maximum Gasteiger partial charge on any atom is 0.291 e. The van der Waals surface area contributed by atoms with Crippen molar-refractivity contribution in [3.63, 3.8) is 0 Å². The summed E-state index contributed by atoms with van der Waals surface area (Å²) in [4.78, 5) is 12.1. The van der Waals surface area contributed by atoms with Crippen LogP contribution in [-0.4, -0.2) is 13.0 Å². The van der Waals surface area contributed by atoms with E-state index in [0.29, 0.717) is 17.0 Å². The van der Waals surface area contributed by atoms with E-state index in [1.807, 2.05) is 12.1 Å². The van der Waals surface area contributed by atoms with E-state index < -0.39 is 11.7 Å². The molecule has 21 heavy (non-hydrogen) atoms. The first kappa shape index (κ1) is 13.2. The van der Waals surface area contributed by atoms with Gasteiger partial charge in [-0.2, -0.15) is 0 Å². The number of fused-ring (bicyclic) bond motifs is 1. The molecule has 1 aromatic heterocycles. The van der Waals surface area contributed by atoms with Crippen LogP contribution in [0.25, 0.3) is 11.0 Å². The Kier molecular flexibility index (Phi) is 3.31. The second kappa shape index (κ2) is 5.28. The molecule has 3 rings (SSSR count). The lowest BCUT2D eigenvalue weighted by molar-refractivity contribution is 0.0998. The first-order chi connectivity index (χ1) is 10.2. The molecule has 0 aliphatic heterocycles. The Morgan fingerprint density at radius 1 is 1.19 bits per heavy atom. The molecular formula is C16H12FNO3. The van der Waals surface area contributed by atoms with E-state index in [1.54, 1.807) is 18.2 Å². The molecule has 106 valence electrons. The van der Waals surface area contributed by atoms with Gasteiger partial charge in [0.05, 0.1) is 7.11 Å². The summed E-state index contributed by atoms with van der Waals surface area (Å²) in [6.07, 6.45) is 0. The van der Waals surface area contributed by atoms with Crippen LogP contribution in [0.3, 0.4) is 0 Å². The van der Waals surface area contributed by atoms with Gasteiger partial charge in [-0.15, -0.1) is 0 Å². The van der Waals surface area contributed by atoms with Crippen molar-refractivity contribution in [2.45, 2.75) is 0 Å². The van der Waals surface area contributed by atoms with E-state index in [0.717, 1.165) is 5.39 Å². The molecule has 0 fully saturated rings. The standard InChI is InChI=1S/C16H12FNO3/c1-20-13-7-2-4-10-8-14(21-15(10)13)16(19)18-12-6-3-5-11(17)9-12/h2-9H,1H3,(H,18,19). The van der Waals surface area contributed by atoms with Gasteiger partial charge in [-0.05, 0) is 30.3 Å². The summed E-state index contributed by atoms with van der Waals surface area (Å²) in [5, 5.41) is 3.35. The summed E-state index contributed by atoms with van der Waals surface area (Å²) in [6, 6.07) is 12.7. The molecular weight excluding hydrogens is 273 g/mol. The first-order valence-electron chi connectivity index (χ1n) is 6.31. The Balaban J connectivity index is 1.91. The van der Waals surface area contributed by atoms with Gasteiger partial charge in [0.25, 0.3) is 5.91 Å². The van der Waals surface area contributed by atoms with Crippen molar-refractivity contribution in [2.24, 2.45) is 0 Å². The number of amides is 1. The summed E-state index contributed by atoms with van der Waals surface area (Å²) in [7, 11) is 1.53. The summed E-state index contributed by atoms with van der Waals surface area (Å²) in [6.45, 7) is 0. The topological polar surface area (TPSA) is 51.5 Å². The zero-order valence-corrected chi connectivity index (χ0v) is 11.2. The molecule has 0 aliphatic rings. The van der Waals surface area contributed by atoms with Gasteiger partial charge in [-0.1, -0.05) is 18.2 Å². The van der Waals surface area contributed by atoms with Crippen LogP contribution in [0.4, 0.5) is 10.1 Å². The Hall–Kier alpha value is -2.82. The summed E-state index contributed by atoms with van der Waals surface area (Å²) >= 11 is 0. The fourth-order valence-corrected chi connectivity index (χ4v) is 2.07. The van der Waals surface area contributed by atoms with E-state index >= 15 is 0 Å². The van der Waals surface area contributed by atoms with Gasteiger partial charge < -0.3 is 14.5 Å². The minimum Gasteiger partial charge on any atom is -0.493 e. The quantitative estimate of drug-likeness (QED) is 0.795. The Morgan fingerprint density at radius 3 is 2.76 bits per heavy atom. The third-order valence-corrected chi connectivity index (χ3v) is 3.03. The number of furan rings is 1. The number of carbonyl (C=O) groups is 1. The fraction of sp³-hybridized carbons (Fsp3) is 0.0625. The molecule has 1 heterocycles. The van der Waals surface area contributed by atoms with E-state index in [1.165, 1.54) is 25.3 Å². The number of halogens is 1. The smallest absolute Gasteiger partial charge is 0.291 e. The minimum absolute atomic E-state index is 0.138. The van der Waals surface area contributed by atoms with Crippen molar-refractivity contribution in [3.8, 4) is 5.75 Å². The Morgan fingerprint density at radius 2 is 2.00 bits per heavy atom. The molecule has 0 spiro atoms. The first-order valence-corrected chi connectivity index (χ1v) is 6.31. The van der Waals surface area contributed by atoms with Crippen LogP contribution < -0.4 is 10.1 Å². The van der Waals surface area contributed by atoms with Gasteiger partial charge in [-0.3, -0.25) is 4.79 Å². The number of rotatable bonds is 3. The molecule has 4 nitrogen and oxygen atoms in total. The molecule has 1 amide bonds. The Labute approximate surface area is 120 Å². The highest BCUT2D eigenvalue weighted by Gasteiger charge is 2.15. The average Bonchev–Trinajstić information content (AvgIpc) is 2.91. The number of para-hydroxylation sites is 1. The minimum atomic E-state index is -0.446. The van der Waals surface area contributed by atoms with Crippen molar-refractivity contribution in [1.29, 1.82) is 0 Å². The number of anilines is 1. The van der Waals surface area contributed by atoms with Crippen molar-refractivity contribution in [3.05, 3.63) is 60.1 Å². The maximum atomic E-state index is 13.1. The third-order valence-electron chi connectivity index (χ3n) is 3.03. The summed E-state index contributed by atoms with van der Waals surface area (Å²) < 4.78 is 23.8. The zero-order chi connectivity index (χ0) is 14.8. The van der Waals surface area contributed by atoms with E-state index in [4.69, 9.17) is 9.15 Å². The van der Waals surface area contributed by atoms with Crippen LogP contribution in [0, 0.1) is 5.82 Å². The fourth-order valence-electron chi connectivity index (χ4n) is 2.07. The second-order valence-electron chi connectivity index (χ2n) is 4.45. The Bertz CT molecular complexity index is 810. The number of nitrogens with one attached hydrogen (secondary N) is 1. The lowest BCUT2D eigenvalue weighted by atomic mass is 10.2. The van der Waals surface area contributed by atoms with Gasteiger partial charge >= 0.3 is 0 Å². The van der Waals surface area contributed by atoms with Crippen LogP contribution in [0.15, 0.2) is 52.9 Å². The number of methoxy groups -OCH3 is 1. The zero-order valence-electron chi connectivity index (χ0n) is 11.2. The number of benzene rings is 2. The van der Waals surface area contributed by atoms with E-state index in [9.17, 15) is 9.18 Å². The molecule has 0 atom stereocenters. The van der Waals surface area contributed by atoms with Crippen molar-refractivity contribution in [1.82, 2.24) is 0 Å². The molecule has 5 heteroatoms. The predicted octanol–water partition coefficient (Wildman–Crippen LogP) is 3.83. The van der Waals surface area contributed by atoms with Gasteiger partial charge in [0.2, 0.25) is 0 Å². The number of carbonyl (C=O) groups excluding carboxylic acids is 1. The molecule has 0 saturated carbocycles. The maximum absolute atomic E-state index is 13.1. The molecule has 0 unspecified atom stereocenters. The summed E-state index contributed by atoms with van der Waals surface area (Å²) in [5.74, 6) is -0.172. The second-order valence-corrected chi connectivity index (χ2v) is 4.45.